The first-order valence-corrected chi connectivity index (χ1v) is 20.5. The van der Waals surface area contributed by atoms with Gasteiger partial charge >= 0.3 is 22.3 Å². The summed E-state index contributed by atoms with van der Waals surface area (Å²) in [4.78, 5) is 42.7. The molecule has 0 saturated carbocycles. The zero-order valence-corrected chi connectivity index (χ0v) is 24.3. The van der Waals surface area contributed by atoms with Crippen molar-refractivity contribution in [1.82, 2.24) is 10.6 Å². The van der Waals surface area contributed by atoms with Gasteiger partial charge in [0.05, 0.1) is 22.4 Å². The standard InChI is InChI=1S/C8H15NO3SSi.C4H5NO3S.C4H12OSi.H2O4S/c1-14(2,3)5-12-7(10)6-4-13-8(11)9-6;6-3(7)2-1-9-4(8)5-2;1-6(2,3)4-5;1-5(2,3)4/h6H,4-5H2,1-3H3,(H,9,11);2H,1H2,(H,5,8)(H,6,7);5H,4H2,1-3H3;(H2,1,2,3,4)/t6-;2-;;/m00../s1. The molecule has 2 aliphatic rings. The smallest absolute Gasteiger partial charge is 0.394 e. The molecule has 0 bridgehead atoms. The molecule has 2 rings (SSSR count). The van der Waals surface area contributed by atoms with Crippen LogP contribution < -0.4 is 10.6 Å². The van der Waals surface area contributed by atoms with Crippen LogP contribution in [0.3, 0.4) is 0 Å². The van der Waals surface area contributed by atoms with Crippen molar-refractivity contribution >= 4 is 72.5 Å². The average Bonchev–Trinajstić information content (AvgIpc) is 3.27. The molecule has 0 radical (unpaired) electrons. The number of carbonyl (C=O) groups excluding carboxylic acids is 3. The van der Waals surface area contributed by atoms with Gasteiger partial charge in [0.2, 0.25) is 0 Å². The van der Waals surface area contributed by atoms with Crippen molar-refractivity contribution in [3.05, 3.63) is 0 Å². The molecule has 0 unspecified atom stereocenters. The summed E-state index contributed by atoms with van der Waals surface area (Å²) in [6.45, 7) is 12.8. The molecule has 200 valence electrons. The average molecular weight is 583 g/mol. The molecule has 0 aromatic heterocycles. The van der Waals surface area contributed by atoms with E-state index in [1.807, 2.05) is 0 Å². The predicted octanol–water partition coefficient (Wildman–Crippen LogP) is 1.33. The fourth-order valence-corrected chi connectivity index (χ4v) is 3.53. The van der Waals surface area contributed by atoms with Crippen molar-refractivity contribution < 1.29 is 51.7 Å². The second-order valence-electron chi connectivity index (χ2n) is 9.26. The molecule has 2 atom stereocenters. The number of aliphatic hydroxyl groups excluding tert-OH is 1. The van der Waals surface area contributed by atoms with Crippen LogP contribution in [0.5, 0.6) is 0 Å². The van der Waals surface area contributed by atoms with E-state index in [2.05, 4.69) is 49.9 Å². The minimum Gasteiger partial charge on any atom is -0.480 e. The first-order valence-electron chi connectivity index (χ1n) is 9.71. The third-order valence-electron chi connectivity index (χ3n) is 3.05. The number of thioether (sulfide) groups is 2. The number of hydrogen-bond acceptors (Lipinski definition) is 10. The predicted molar refractivity (Wildman–Crippen MR) is 136 cm³/mol. The van der Waals surface area contributed by atoms with Gasteiger partial charge in [0.25, 0.3) is 10.5 Å². The van der Waals surface area contributed by atoms with Crippen LogP contribution in [-0.4, -0.2) is 102 Å². The second-order valence-corrected chi connectivity index (χ2v) is 23.0. The molecule has 2 amide bonds. The Morgan fingerprint density at radius 2 is 1.29 bits per heavy atom. The zero-order chi connectivity index (χ0) is 27.3. The highest BCUT2D eigenvalue weighted by Crippen LogP contribution is 2.14. The van der Waals surface area contributed by atoms with Crippen LogP contribution in [0, 0.1) is 0 Å². The number of ether oxygens (including phenoxy) is 1. The van der Waals surface area contributed by atoms with E-state index in [-0.39, 0.29) is 16.4 Å². The van der Waals surface area contributed by atoms with Crippen LogP contribution in [0.25, 0.3) is 0 Å². The molecular weight excluding hydrogens is 549 g/mol. The Kier molecular flexibility index (Phi) is 16.2. The van der Waals surface area contributed by atoms with E-state index in [0.717, 1.165) is 23.5 Å². The monoisotopic (exact) mass is 582 g/mol. The number of carboxylic acids is 1. The lowest BCUT2D eigenvalue weighted by Crippen LogP contribution is -2.39. The van der Waals surface area contributed by atoms with E-state index in [1.54, 1.807) is 0 Å². The first-order chi connectivity index (χ1) is 15.1. The van der Waals surface area contributed by atoms with Gasteiger partial charge in [0.15, 0.2) is 0 Å². The maximum atomic E-state index is 11.4. The van der Waals surface area contributed by atoms with E-state index >= 15 is 0 Å². The van der Waals surface area contributed by atoms with Gasteiger partial charge in [-0.2, -0.15) is 8.42 Å². The van der Waals surface area contributed by atoms with Gasteiger partial charge in [-0.1, -0.05) is 62.8 Å². The number of aliphatic hydroxyl groups is 1. The molecule has 6 N–H and O–H groups in total. The molecule has 2 heterocycles. The van der Waals surface area contributed by atoms with Crippen LogP contribution in [-0.2, 0) is 24.7 Å². The Bertz CT molecular complexity index is 791. The molecule has 34 heavy (non-hydrogen) atoms. The normalized spacial score (nSPS) is 19.7. The largest absolute Gasteiger partial charge is 0.480 e. The third kappa shape index (κ3) is 24.0. The van der Waals surface area contributed by atoms with Gasteiger partial charge in [-0.05, 0) is 0 Å². The molecule has 0 aliphatic carbocycles. The van der Waals surface area contributed by atoms with E-state index in [0.29, 0.717) is 24.0 Å². The first kappa shape index (κ1) is 35.0. The summed E-state index contributed by atoms with van der Waals surface area (Å²) in [7, 11) is -7.09. The van der Waals surface area contributed by atoms with Crippen molar-refractivity contribution in [1.29, 1.82) is 0 Å². The summed E-state index contributed by atoms with van der Waals surface area (Å²) in [5.74, 6) is -0.434. The lowest BCUT2D eigenvalue weighted by molar-refractivity contribution is -0.143. The van der Waals surface area contributed by atoms with Gasteiger partial charge in [-0.15, -0.1) is 0 Å². The number of esters is 1. The summed E-state index contributed by atoms with van der Waals surface area (Å²) in [5.41, 5.74) is 0. The summed E-state index contributed by atoms with van der Waals surface area (Å²) >= 11 is 2.13. The number of rotatable bonds is 5. The molecule has 18 heteroatoms. The molecule has 2 aliphatic heterocycles. The molecule has 0 aromatic rings. The number of amides is 2. The number of aliphatic carboxylic acids is 1. The van der Waals surface area contributed by atoms with Crippen molar-refractivity contribution in [2.75, 3.05) is 24.0 Å². The zero-order valence-electron chi connectivity index (χ0n) is 19.9. The van der Waals surface area contributed by atoms with Crippen LogP contribution >= 0.6 is 23.5 Å². The van der Waals surface area contributed by atoms with Gasteiger partial charge in [-0.25, -0.2) is 9.59 Å². The van der Waals surface area contributed by atoms with Gasteiger partial charge in [0.1, 0.15) is 12.1 Å². The SMILES string of the molecule is C[Si](C)(C)CO.C[Si](C)(C)COC(=O)[C@@H]1CSC(=O)N1.O=C1N[C@H](C(=O)O)CS1.O=S(=O)(O)O. The highest BCUT2D eigenvalue weighted by molar-refractivity contribution is 8.14. The number of carbonyl (C=O) groups is 4. The van der Waals surface area contributed by atoms with Crippen LogP contribution in [0.2, 0.25) is 39.3 Å². The van der Waals surface area contributed by atoms with E-state index < -0.39 is 44.6 Å². The maximum absolute atomic E-state index is 11.4. The van der Waals surface area contributed by atoms with Crippen LogP contribution in [0.15, 0.2) is 0 Å². The lowest BCUT2D eigenvalue weighted by atomic mass is 10.3. The molecule has 0 aromatic carbocycles. The fraction of sp³-hybridized carbons (Fsp3) is 0.750. The molecule has 0 spiro atoms. The summed E-state index contributed by atoms with van der Waals surface area (Å²) in [5, 5.41) is 21.2. The summed E-state index contributed by atoms with van der Waals surface area (Å²) in [6.07, 6.45) is 0.926. The van der Waals surface area contributed by atoms with Gasteiger partial charge in [0, 0.05) is 17.7 Å². The van der Waals surface area contributed by atoms with Crippen molar-refractivity contribution in [3.63, 3.8) is 0 Å². The van der Waals surface area contributed by atoms with E-state index in [1.165, 1.54) is 0 Å². The van der Waals surface area contributed by atoms with Crippen molar-refractivity contribution in [3.8, 4) is 0 Å². The van der Waals surface area contributed by atoms with Crippen molar-refractivity contribution in [2.45, 2.75) is 51.4 Å². The van der Waals surface area contributed by atoms with E-state index in [4.69, 9.17) is 32.5 Å². The van der Waals surface area contributed by atoms with Crippen LogP contribution in [0.1, 0.15) is 0 Å². The highest BCUT2D eigenvalue weighted by atomic mass is 32.3. The van der Waals surface area contributed by atoms with Gasteiger partial charge in [-0.3, -0.25) is 18.7 Å². The van der Waals surface area contributed by atoms with Gasteiger partial charge < -0.3 is 25.6 Å². The second kappa shape index (κ2) is 15.8. The topological polar surface area (TPSA) is 217 Å². The Balaban J connectivity index is 0. The summed E-state index contributed by atoms with van der Waals surface area (Å²) < 4.78 is 36.7. The minimum absolute atomic E-state index is 0.139. The highest BCUT2D eigenvalue weighted by Gasteiger charge is 2.30. The van der Waals surface area contributed by atoms with Crippen molar-refractivity contribution in [2.24, 2.45) is 0 Å². The Morgan fingerprint density at radius 3 is 1.50 bits per heavy atom. The lowest BCUT2D eigenvalue weighted by Gasteiger charge is -2.17. The Labute approximate surface area is 209 Å². The fourth-order valence-electron chi connectivity index (χ4n) is 1.42. The van der Waals surface area contributed by atoms with E-state index in [9.17, 15) is 19.2 Å². The minimum atomic E-state index is -4.67. The molecular formula is C16H34N2O11S3Si2. The number of nitrogens with one attached hydrogen (secondary N) is 2. The Hall–Kier alpha value is -1.16. The number of hydrogen-bond donors (Lipinski definition) is 6. The quantitative estimate of drug-likeness (QED) is 0.153. The molecule has 2 saturated heterocycles. The molecule has 13 nitrogen and oxygen atoms in total. The van der Waals surface area contributed by atoms with Crippen LogP contribution in [0.4, 0.5) is 9.59 Å². The number of carboxylic acid groups (broad SMARTS) is 1. The summed E-state index contributed by atoms with van der Waals surface area (Å²) in [6, 6.07) is -1.12. The maximum Gasteiger partial charge on any atom is 0.394 e. The molecule has 2 fully saturated rings. The third-order valence-corrected chi connectivity index (χ3v) is 6.77. The Morgan fingerprint density at radius 1 is 0.941 bits per heavy atom.